The predicted octanol–water partition coefficient (Wildman–Crippen LogP) is 4.27. The minimum atomic E-state index is -0.238. The number of nitrogens with two attached hydrogens (primary N) is 2. The largest absolute Gasteiger partial charge is 0.368 e. The van der Waals surface area contributed by atoms with E-state index in [9.17, 15) is 0 Å². The van der Waals surface area contributed by atoms with Gasteiger partial charge in [0.2, 0.25) is 17.8 Å². The smallest absolute Gasteiger partial charge is 0.232 e. The first-order valence-electron chi connectivity index (χ1n) is 9.21. The molecule has 1 aromatic rings. The van der Waals surface area contributed by atoms with Crippen LogP contribution in [0.15, 0.2) is 0 Å². The maximum Gasteiger partial charge on any atom is 0.232 e. The van der Waals surface area contributed by atoms with Gasteiger partial charge in [0.05, 0.1) is 0 Å². The lowest BCUT2D eigenvalue weighted by molar-refractivity contribution is 0.0916. The van der Waals surface area contributed by atoms with Crippen molar-refractivity contribution in [1.82, 2.24) is 15.0 Å². The van der Waals surface area contributed by atoms with Crippen LogP contribution in [-0.2, 0) is 0 Å². The van der Waals surface area contributed by atoms with E-state index in [1.54, 1.807) is 0 Å². The van der Waals surface area contributed by atoms with Crippen molar-refractivity contribution in [3.8, 4) is 0 Å². The monoisotopic (exact) mass is 350 g/mol. The zero-order chi connectivity index (χ0) is 19.8. The second-order valence-electron chi connectivity index (χ2n) is 9.28. The van der Waals surface area contributed by atoms with Crippen LogP contribution in [0.25, 0.3) is 0 Å². The number of anilines is 3. The van der Waals surface area contributed by atoms with Crippen molar-refractivity contribution < 1.29 is 0 Å². The molecule has 0 radical (unpaired) electrons. The molecule has 0 unspecified atom stereocenters. The van der Waals surface area contributed by atoms with Gasteiger partial charge in [-0.2, -0.15) is 15.0 Å². The molecule has 0 atom stereocenters. The fraction of sp³-hybridized carbons (Fsp3) is 0.842. The molecule has 25 heavy (non-hydrogen) atoms. The number of aromatic nitrogens is 3. The summed E-state index contributed by atoms with van der Waals surface area (Å²) >= 11 is 0. The number of rotatable bonds is 7. The average Bonchev–Trinajstić information content (AvgIpc) is 2.45. The molecule has 1 rings (SSSR count). The number of nitrogen functional groups attached to an aromatic ring is 2. The van der Waals surface area contributed by atoms with Gasteiger partial charge in [0.15, 0.2) is 0 Å². The van der Waals surface area contributed by atoms with Crippen LogP contribution >= 0.6 is 0 Å². The maximum absolute atomic E-state index is 5.90. The SMILES string of the molecule is CCC(C)(C)C(C)(C)N(c1nc(N)nc(N)n1)C(C)(C)C(C)(C)CC. The third-order valence-corrected chi connectivity index (χ3v) is 7.06. The van der Waals surface area contributed by atoms with Crippen LogP contribution in [0.3, 0.4) is 0 Å². The third kappa shape index (κ3) is 3.67. The van der Waals surface area contributed by atoms with E-state index in [1.807, 2.05) is 0 Å². The molecule has 1 aromatic heterocycles. The summed E-state index contributed by atoms with van der Waals surface area (Å²) in [5, 5.41) is 0. The molecular formula is C19H38N6. The molecule has 0 aliphatic rings. The topological polar surface area (TPSA) is 94.0 Å². The van der Waals surface area contributed by atoms with Gasteiger partial charge in [-0.3, -0.25) is 0 Å². The average molecular weight is 351 g/mol. The summed E-state index contributed by atoms with van der Waals surface area (Å²) in [4.78, 5) is 15.2. The molecule has 0 fully saturated rings. The first kappa shape index (κ1) is 21.5. The fourth-order valence-electron chi connectivity index (χ4n) is 3.17. The van der Waals surface area contributed by atoms with Crippen molar-refractivity contribution in [1.29, 1.82) is 0 Å². The van der Waals surface area contributed by atoms with Gasteiger partial charge < -0.3 is 16.4 Å². The van der Waals surface area contributed by atoms with E-state index < -0.39 is 0 Å². The molecule has 6 heteroatoms. The van der Waals surface area contributed by atoms with E-state index in [1.165, 1.54) is 0 Å². The minimum absolute atomic E-state index is 0.0181. The molecule has 0 saturated carbocycles. The van der Waals surface area contributed by atoms with Gasteiger partial charge >= 0.3 is 0 Å². The maximum atomic E-state index is 5.90. The van der Waals surface area contributed by atoms with E-state index in [2.05, 4.69) is 89.1 Å². The van der Waals surface area contributed by atoms with Gasteiger partial charge in [-0.15, -0.1) is 0 Å². The van der Waals surface area contributed by atoms with Crippen LogP contribution in [0.4, 0.5) is 17.8 Å². The Kier molecular flexibility index (Phi) is 5.68. The normalized spacial score (nSPS) is 13.8. The van der Waals surface area contributed by atoms with Crippen molar-refractivity contribution in [2.45, 2.75) is 93.2 Å². The zero-order valence-corrected chi connectivity index (χ0v) is 17.9. The zero-order valence-electron chi connectivity index (χ0n) is 17.9. The lowest BCUT2D eigenvalue weighted by Gasteiger charge is -2.59. The Balaban J connectivity index is 3.75. The van der Waals surface area contributed by atoms with Crippen LogP contribution in [0.1, 0.15) is 82.1 Å². The highest BCUT2D eigenvalue weighted by Gasteiger charge is 2.52. The first-order valence-corrected chi connectivity index (χ1v) is 9.21. The van der Waals surface area contributed by atoms with Crippen LogP contribution in [-0.4, -0.2) is 26.0 Å². The molecule has 0 amide bonds. The quantitative estimate of drug-likeness (QED) is 0.762. The summed E-state index contributed by atoms with van der Waals surface area (Å²) in [6.07, 6.45) is 2.05. The Hall–Kier alpha value is -1.59. The van der Waals surface area contributed by atoms with Crippen LogP contribution in [0.2, 0.25) is 0 Å². The van der Waals surface area contributed by atoms with Crippen molar-refractivity contribution in [2.75, 3.05) is 16.4 Å². The van der Waals surface area contributed by atoms with Crippen LogP contribution in [0.5, 0.6) is 0 Å². The van der Waals surface area contributed by atoms with E-state index in [-0.39, 0.29) is 33.8 Å². The van der Waals surface area contributed by atoms with E-state index in [4.69, 9.17) is 11.5 Å². The molecular weight excluding hydrogens is 312 g/mol. The van der Waals surface area contributed by atoms with Crippen molar-refractivity contribution >= 4 is 17.8 Å². The Labute approximate surface area is 153 Å². The standard InChI is InChI=1S/C19H38N6/c1-11-16(3,4)18(7,8)25(19(9,10)17(5,6)12-2)15-23-13(20)22-14(21)24-15/h11-12H2,1-10H3,(H4,20,21,22,23,24). The number of hydrogen-bond donors (Lipinski definition) is 2. The molecule has 0 saturated heterocycles. The Morgan fingerprint density at radius 1 is 0.680 bits per heavy atom. The summed E-state index contributed by atoms with van der Waals surface area (Å²) in [5.74, 6) is 0.855. The predicted molar refractivity (Wildman–Crippen MR) is 107 cm³/mol. The van der Waals surface area contributed by atoms with Crippen molar-refractivity contribution in [2.24, 2.45) is 10.8 Å². The molecule has 6 nitrogen and oxygen atoms in total. The van der Waals surface area contributed by atoms with Gasteiger partial charge in [-0.25, -0.2) is 0 Å². The number of hydrogen-bond acceptors (Lipinski definition) is 6. The third-order valence-electron chi connectivity index (χ3n) is 7.06. The van der Waals surface area contributed by atoms with Gasteiger partial charge in [0.1, 0.15) is 0 Å². The van der Waals surface area contributed by atoms with Gasteiger partial charge in [-0.05, 0) is 51.4 Å². The molecule has 144 valence electrons. The molecule has 0 aliphatic heterocycles. The minimum Gasteiger partial charge on any atom is -0.368 e. The highest BCUT2D eigenvalue weighted by Crippen LogP contribution is 2.49. The van der Waals surface area contributed by atoms with Crippen molar-refractivity contribution in [3.05, 3.63) is 0 Å². The summed E-state index contributed by atoms with van der Waals surface area (Å²) < 4.78 is 0. The highest BCUT2D eigenvalue weighted by molar-refractivity contribution is 5.46. The molecule has 4 N–H and O–H groups in total. The summed E-state index contributed by atoms with van der Waals surface area (Å²) in [7, 11) is 0. The lowest BCUT2D eigenvalue weighted by atomic mass is 9.65. The Morgan fingerprint density at radius 3 is 1.28 bits per heavy atom. The second kappa shape index (κ2) is 6.61. The molecule has 0 spiro atoms. The van der Waals surface area contributed by atoms with E-state index >= 15 is 0 Å². The summed E-state index contributed by atoms with van der Waals surface area (Å²) in [6, 6.07) is 0. The highest BCUT2D eigenvalue weighted by atomic mass is 15.4. The Bertz CT molecular complexity index is 556. The van der Waals surface area contributed by atoms with Gasteiger partial charge in [0, 0.05) is 11.1 Å². The second-order valence-corrected chi connectivity index (χ2v) is 9.28. The van der Waals surface area contributed by atoms with Crippen LogP contribution in [0, 0.1) is 10.8 Å². The van der Waals surface area contributed by atoms with Crippen molar-refractivity contribution in [3.63, 3.8) is 0 Å². The Morgan fingerprint density at radius 2 is 1.00 bits per heavy atom. The summed E-state index contributed by atoms with van der Waals surface area (Å²) in [6.45, 7) is 22.6. The lowest BCUT2D eigenvalue weighted by Crippen LogP contribution is -2.66. The van der Waals surface area contributed by atoms with E-state index in [0.29, 0.717) is 5.95 Å². The molecule has 0 aliphatic carbocycles. The van der Waals surface area contributed by atoms with Gasteiger partial charge in [0.25, 0.3) is 0 Å². The van der Waals surface area contributed by atoms with Gasteiger partial charge in [-0.1, -0.05) is 41.5 Å². The molecule has 0 aromatic carbocycles. The van der Waals surface area contributed by atoms with Crippen LogP contribution < -0.4 is 16.4 Å². The molecule has 0 bridgehead atoms. The number of nitrogens with zero attached hydrogens (tertiary/aromatic N) is 4. The first-order chi connectivity index (χ1) is 11.1. The fourth-order valence-corrected chi connectivity index (χ4v) is 3.17. The summed E-state index contributed by atoms with van der Waals surface area (Å²) in [5.41, 5.74) is 11.4. The molecule has 1 heterocycles. The van der Waals surface area contributed by atoms with E-state index in [0.717, 1.165) is 12.8 Å².